The molecule has 0 bridgehead atoms. The monoisotopic (exact) mass is 374 g/mol. The van der Waals surface area contributed by atoms with Gasteiger partial charge in [-0.1, -0.05) is 81.4 Å². The van der Waals surface area contributed by atoms with E-state index in [1.165, 1.54) is 0 Å². The van der Waals surface area contributed by atoms with Crippen molar-refractivity contribution in [3.63, 3.8) is 0 Å². The van der Waals surface area contributed by atoms with Gasteiger partial charge in [0.25, 0.3) is 0 Å². The zero-order valence-corrected chi connectivity index (χ0v) is 16.8. The standard InChI is InChI=1S/C25H26O3/c1-24(2,3)20-15-21(27-4)19-16-25(28-23(19)22(20)26,17-11-7-5-8-12-17)18-13-9-6-10-14-18/h5-15,26H,16H2,1-4H3. The summed E-state index contributed by atoms with van der Waals surface area (Å²) >= 11 is 0. The summed E-state index contributed by atoms with van der Waals surface area (Å²) in [5, 5.41) is 11.1. The lowest BCUT2D eigenvalue weighted by Gasteiger charge is -2.30. The zero-order valence-electron chi connectivity index (χ0n) is 16.8. The maximum absolute atomic E-state index is 11.1. The van der Waals surface area contributed by atoms with E-state index in [0.29, 0.717) is 12.2 Å². The van der Waals surface area contributed by atoms with Crippen LogP contribution < -0.4 is 9.47 Å². The Morgan fingerprint density at radius 1 is 0.929 bits per heavy atom. The summed E-state index contributed by atoms with van der Waals surface area (Å²) in [4.78, 5) is 0. The van der Waals surface area contributed by atoms with Crippen LogP contribution in [0.15, 0.2) is 66.7 Å². The minimum atomic E-state index is -0.702. The predicted molar refractivity (Wildman–Crippen MR) is 111 cm³/mol. The summed E-state index contributed by atoms with van der Waals surface area (Å²) in [5.74, 6) is 1.49. The Morgan fingerprint density at radius 2 is 1.46 bits per heavy atom. The quantitative estimate of drug-likeness (QED) is 0.651. The van der Waals surface area contributed by atoms with Gasteiger partial charge in [-0.3, -0.25) is 0 Å². The molecular weight excluding hydrogens is 348 g/mol. The van der Waals surface area contributed by atoms with E-state index in [1.54, 1.807) is 7.11 Å². The van der Waals surface area contributed by atoms with Gasteiger partial charge in [-0.05, 0) is 11.5 Å². The van der Waals surface area contributed by atoms with Crippen molar-refractivity contribution < 1.29 is 14.6 Å². The number of fused-ring (bicyclic) bond motifs is 1. The van der Waals surface area contributed by atoms with Gasteiger partial charge in [-0.15, -0.1) is 0 Å². The molecule has 0 spiro atoms. The van der Waals surface area contributed by atoms with Crippen LogP contribution in [0.3, 0.4) is 0 Å². The molecule has 0 radical (unpaired) electrons. The highest BCUT2D eigenvalue weighted by Crippen LogP contribution is 2.55. The molecule has 0 amide bonds. The molecule has 144 valence electrons. The molecular formula is C25H26O3. The molecule has 3 aromatic carbocycles. The number of benzene rings is 3. The van der Waals surface area contributed by atoms with Crippen molar-refractivity contribution >= 4 is 0 Å². The Balaban J connectivity index is 1.96. The SMILES string of the molecule is COc1cc(C(C)(C)C)c(O)c2c1CC(c1ccccc1)(c1ccccc1)O2. The number of rotatable bonds is 3. The van der Waals surface area contributed by atoms with E-state index in [2.05, 4.69) is 45.0 Å². The molecule has 3 aromatic rings. The highest BCUT2D eigenvalue weighted by molar-refractivity contribution is 5.64. The fraction of sp³-hybridized carbons (Fsp3) is 0.280. The average molecular weight is 374 g/mol. The van der Waals surface area contributed by atoms with Crippen LogP contribution in [0.4, 0.5) is 0 Å². The summed E-state index contributed by atoms with van der Waals surface area (Å²) in [6.07, 6.45) is 0.595. The topological polar surface area (TPSA) is 38.7 Å². The highest BCUT2D eigenvalue weighted by Gasteiger charge is 2.46. The fourth-order valence-electron chi connectivity index (χ4n) is 4.06. The Bertz CT molecular complexity index is 946. The van der Waals surface area contributed by atoms with Crippen molar-refractivity contribution in [1.29, 1.82) is 0 Å². The van der Waals surface area contributed by atoms with Gasteiger partial charge in [0.2, 0.25) is 0 Å². The Morgan fingerprint density at radius 3 is 1.93 bits per heavy atom. The van der Waals surface area contributed by atoms with Crippen molar-refractivity contribution in [2.45, 2.75) is 38.2 Å². The second-order valence-electron chi connectivity index (χ2n) is 8.37. The highest BCUT2D eigenvalue weighted by atomic mass is 16.5. The second kappa shape index (κ2) is 6.59. The Hall–Kier alpha value is -2.94. The maximum atomic E-state index is 11.1. The number of phenolic OH excluding ortho intramolecular Hbond substituents is 1. The lowest BCUT2D eigenvalue weighted by Crippen LogP contribution is -2.32. The van der Waals surface area contributed by atoms with Gasteiger partial charge < -0.3 is 14.6 Å². The summed E-state index contributed by atoms with van der Waals surface area (Å²) in [6.45, 7) is 6.22. The first-order chi connectivity index (χ1) is 13.4. The molecule has 3 heteroatoms. The molecule has 0 fully saturated rings. The number of aromatic hydroxyl groups is 1. The van der Waals surface area contributed by atoms with E-state index in [4.69, 9.17) is 9.47 Å². The van der Waals surface area contributed by atoms with Crippen molar-refractivity contribution in [2.75, 3.05) is 7.11 Å². The molecule has 1 heterocycles. The summed E-state index contributed by atoms with van der Waals surface area (Å²) in [7, 11) is 1.67. The van der Waals surface area contributed by atoms with Crippen LogP contribution in [0.5, 0.6) is 17.2 Å². The van der Waals surface area contributed by atoms with E-state index in [1.807, 2.05) is 42.5 Å². The van der Waals surface area contributed by atoms with E-state index < -0.39 is 5.60 Å². The average Bonchev–Trinajstić information content (AvgIpc) is 3.12. The van der Waals surface area contributed by atoms with Gasteiger partial charge in [0.15, 0.2) is 17.1 Å². The summed E-state index contributed by atoms with van der Waals surface area (Å²) in [5.41, 5.74) is 2.89. The van der Waals surface area contributed by atoms with Crippen molar-refractivity contribution in [2.24, 2.45) is 0 Å². The van der Waals surface area contributed by atoms with E-state index in [0.717, 1.165) is 28.0 Å². The van der Waals surface area contributed by atoms with Crippen LogP contribution in [0, 0.1) is 0 Å². The minimum absolute atomic E-state index is 0.206. The summed E-state index contributed by atoms with van der Waals surface area (Å²) in [6, 6.07) is 22.3. The molecule has 1 N–H and O–H groups in total. The van der Waals surface area contributed by atoms with Crippen LogP contribution in [0.2, 0.25) is 0 Å². The van der Waals surface area contributed by atoms with E-state index >= 15 is 0 Å². The van der Waals surface area contributed by atoms with Crippen LogP contribution in [-0.2, 0) is 17.4 Å². The van der Waals surface area contributed by atoms with Crippen LogP contribution in [-0.4, -0.2) is 12.2 Å². The van der Waals surface area contributed by atoms with E-state index in [9.17, 15) is 5.11 Å². The molecule has 0 atom stereocenters. The fourth-order valence-corrected chi connectivity index (χ4v) is 4.06. The van der Waals surface area contributed by atoms with Crippen molar-refractivity contribution in [3.05, 3.63) is 89.0 Å². The Labute approximate surface area is 166 Å². The van der Waals surface area contributed by atoms with Crippen LogP contribution in [0.1, 0.15) is 43.0 Å². The van der Waals surface area contributed by atoms with Crippen LogP contribution >= 0.6 is 0 Å². The maximum Gasteiger partial charge on any atom is 0.170 e. The first kappa shape index (κ1) is 18.4. The number of phenols is 1. The molecule has 0 saturated carbocycles. The van der Waals surface area contributed by atoms with Crippen molar-refractivity contribution in [1.82, 2.24) is 0 Å². The number of hydrogen-bond acceptors (Lipinski definition) is 3. The Kier molecular flexibility index (Phi) is 4.34. The van der Waals surface area contributed by atoms with E-state index in [-0.39, 0.29) is 11.2 Å². The smallest absolute Gasteiger partial charge is 0.170 e. The lowest BCUT2D eigenvalue weighted by molar-refractivity contribution is 0.135. The zero-order chi connectivity index (χ0) is 19.9. The van der Waals surface area contributed by atoms with Gasteiger partial charge in [-0.2, -0.15) is 0 Å². The molecule has 1 aliphatic heterocycles. The van der Waals surface area contributed by atoms with Gasteiger partial charge >= 0.3 is 0 Å². The van der Waals surface area contributed by atoms with Crippen molar-refractivity contribution in [3.8, 4) is 17.2 Å². The molecule has 0 aromatic heterocycles. The van der Waals surface area contributed by atoms with Gasteiger partial charge in [-0.25, -0.2) is 0 Å². The third kappa shape index (κ3) is 2.82. The number of methoxy groups -OCH3 is 1. The van der Waals surface area contributed by atoms with Gasteiger partial charge in [0, 0.05) is 28.7 Å². The van der Waals surface area contributed by atoms with Crippen LogP contribution in [0.25, 0.3) is 0 Å². The largest absolute Gasteiger partial charge is 0.504 e. The normalized spacial score (nSPS) is 15.0. The first-order valence-corrected chi connectivity index (χ1v) is 9.60. The second-order valence-corrected chi connectivity index (χ2v) is 8.37. The third-order valence-corrected chi connectivity index (χ3v) is 5.53. The molecule has 0 saturated heterocycles. The third-order valence-electron chi connectivity index (χ3n) is 5.53. The van der Waals surface area contributed by atoms with Gasteiger partial charge in [0.05, 0.1) is 7.11 Å². The molecule has 3 nitrogen and oxygen atoms in total. The number of ether oxygens (including phenoxy) is 2. The summed E-state index contributed by atoms with van der Waals surface area (Å²) < 4.78 is 12.4. The minimum Gasteiger partial charge on any atom is -0.504 e. The molecule has 28 heavy (non-hydrogen) atoms. The predicted octanol–water partition coefficient (Wildman–Crippen LogP) is 5.58. The molecule has 4 rings (SSSR count). The molecule has 0 aliphatic carbocycles. The van der Waals surface area contributed by atoms with Gasteiger partial charge in [0.1, 0.15) is 5.75 Å². The first-order valence-electron chi connectivity index (χ1n) is 9.60. The molecule has 1 aliphatic rings. The lowest BCUT2D eigenvalue weighted by atomic mass is 9.81. The molecule has 0 unspecified atom stereocenters. The number of hydrogen-bond donors (Lipinski definition) is 1.